The average molecular weight is 282 g/mol. The van der Waals surface area contributed by atoms with Crippen molar-refractivity contribution in [1.29, 1.82) is 0 Å². The molecule has 5 nitrogen and oxygen atoms in total. The van der Waals surface area contributed by atoms with E-state index in [2.05, 4.69) is 5.32 Å². The van der Waals surface area contributed by atoms with Gasteiger partial charge in [0.1, 0.15) is 6.04 Å². The lowest BCUT2D eigenvalue weighted by molar-refractivity contribution is -0.186. The van der Waals surface area contributed by atoms with E-state index in [1.807, 2.05) is 0 Å². The number of nitrogens with one attached hydrogen (secondary N) is 1. The minimum atomic E-state index is -4.98. The summed E-state index contributed by atoms with van der Waals surface area (Å²) in [5, 5.41) is 11.4. The number of aliphatic hydroxyl groups excluding tert-OH is 1. The van der Waals surface area contributed by atoms with Gasteiger partial charge in [0.05, 0.1) is 12.1 Å². The van der Waals surface area contributed by atoms with E-state index >= 15 is 0 Å². The molecule has 0 spiro atoms. The van der Waals surface area contributed by atoms with Crippen molar-refractivity contribution in [3.63, 3.8) is 0 Å². The maximum absolute atomic E-state index is 12.4. The Balaban J connectivity index is 2.77. The third-order valence-electron chi connectivity index (χ3n) is 2.92. The van der Waals surface area contributed by atoms with Crippen LogP contribution in [0.25, 0.3) is 0 Å². The Hall–Kier alpha value is -1.31. The van der Waals surface area contributed by atoms with Gasteiger partial charge in [-0.15, -0.1) is 0 Å². The third-order valence-corrected chi connectivity index (χ3v) is 2.92. The van der Waals surface area contributed by atoms with Crippen molar-refractivity contribution in [3.8, 4) is 0 Å². The first-order valence-electron chi connectivity index (χ1n) is 5.89. The van der Waals surface area contributed by atoms with E-state index < -0.39 is 29.6 Å². The first-order valence-corrected chi connectivity index (χ1v) is 5.89. The SMILES string of the molecule is CC(C)(CO)NC(=O)C1CCCN1C(=O)C(F)(F)F. The minimum absolute atomic E-state index is 0.0873. The average Bonchev–Trinajstić information content (AvgIpc) is 2.74. The van der Waals surface area contributed by atoms with Crippen LogP contribution in [0.1, 0.15) is 26.7 Å². The van der Waals surface area contributed by atoms with E-state index in [1.54, 1.807) is 0 Å². The minimum Gasteiger partial charge on any atom is -0.394 e. The number of likely N-dealkylation sites (tertiary alicyclic amines) is 1. The second-order valence-corrected chi connectivity index (χ2v) is 5.19. The van der Waals surface area contributed by atoms with E-state index in [4.69, 9.17) is 5.11 Å². The third kappa shape index (κ3) is 3.82. The van der Waals surface area contributed by atoms with Gasteiger partial charge in [-0.1, -0.05) is 0 Å². The van der Waals surface area contributed by atoms with Crippen LogP contribution in [0.4, 0.5) is 13.2 Å². The summed E-state index contributed by atoms with van der Waals surface area (Å²) < 4.78 is 37.1. The molecule has 0 radical (unpaired) electrons. The summed E-state index contributed by atoms with van der Waals surface area (Å²) in [5.74, 6) is -2.67. The molecule has 2 amide bonds. The molecule has 1 unspecified atom stereocenters. The summed E-state index contributed by atoms with van der Waals surface area (Å²) in [6, 6.07) is -1.13. The highest BCUT2D eigenvalue weighted by Gasteiger charge is 2.48. The molecule has 0 aliphatic carbocycles. The summed E-state index contributed by atoms with van der Waals surface area (Å²) >= 11 is 0. The van der Waals surface area contributed by atoms with Gasteiger partial charge in [-0.05, 0) is 26.7 Å². The van der Waals surface area contributed by atoms with Crippen molar-refractivity contribution in [2.75, 3.05) is 13.2 Å². The Morgan fingerprint density at radius 3 is 2.42 bits per heavy atom. The Morgan fingerprint density at radius 2 is 1.95 bits per heavy atom. The zero-order valence-corrected chi connectivity index (χ0v) is 10.8. The van der Waals surface area contributed by atoms with Crippen molar-refractivity contribution in [2.24, 2.45) is 0 Å². The summed E-state index contributed by atoms with van der Waals surface area (Å²) in [6.07, 6.45) is -4.44. The van der Waals surface area contributed by atoms with Crippen LogP contribution in [0.3, 0.4) is 0 Å². The van der Waals surface area contributed by atoms with E-state index in [-0.39, 0.29) is 19.6 Å². The molecule has 0 aromatic heterocycles. The molecule has 0 aromatic carbocycles. The summed E-state index contributed by atoms with van der Waals surface area (Å²) in [6.45, 7) is 2.64. The fraction of sp³-hybridized carbons (Fsp3) is 0.818. The first kappa shape index (κ1) is 15.7. The van der Waals surface area contributed by atoms with Crippen LogP contribution in [-0.2, 0) is 9.59 Å². The predicted molar refractivity (Wildman–Crippen MR) is 60.1 cm³/mol. The highest BCUT2D eigenvalue weighted by molar-refractivity contribution is 5.90. The molecule has 1 heterocycles. The van der Waals surface area contributed by atoms with E-state index in [0.29, 0.717) is 11.3 Å². The van der Waals surface area contributed by atoms with Gasteiger partial charge in [-0.2, -0.15) is 13.2 Å². The molecular weight excluding hydrogens is 265 g/mol. The molecule has 0 bridgehead atoms. The van der Waals surface area contributed by atoms with Gasteiger partial charge in [0, 0.05) is 6.54 Å². The number of halogens is 3. The molecule has 1 aliphatic rings. The number of rotatable bonds is 3. The summed E-state index contributed by atoms with van der Waals surface area (Å²) in [4.78, 5) is 23.6. The first-order chi connectivity index (χ1) is 8.58. The lowest BCUT2D eigenvalue weighted by Crippen LogP contribution is -2.55. The molecule has 1 saturated heterocycles. The molecule has 110 valence electrons. The van der Waals surface area contributed by atoms with Crippen LogP contribution >= 0.6 is 0 Å². The van der Waals surface area contributed by atoms with Gasteiger partial charge in [-0.25, -0.2) is 0 Å². The number of nitrogens with zero attached hydrogens (tertiary/aromatic N) is 1. The van der Waals surface area contributed by atoms with E-state index in [9.17, 15) is 22.8 Å². The smallest absolute Gasteiger partial charge is 0.394 e. The topological polar surface area (TPSA) is 69.6 Å². The van der Waals surface area contributed by atoms with Crippen molar-refractivity contribution in [2.45, 2.75) is 44.4 Å². The van der Waals surface area contributed by atoms with Crippen LogP contribution in [0.5, 0.6) is 0 Å². The maximum atomic E-state index is 12.4. The molecule has 1 atom stereocenters. The number of aliphatic hydroxyl groups is 1. The van der Waals surface area contributed by atoms with Crippen molar-refractivity contribution in [1.82, 2.24) is 10.2 Å². The number of carbonyl (C=O) groups excluding carboxylic acids is 2. The maximum Gasteiger partial charge on any atom is 0.471 e. The molecule has 19 heavy (non-hydrogen) atoms. The van der Waals surface area contributed by atoms with Gasteiger partial charge >= 0.3 is 12.1 Å². The monoisotopic (exact) mass is 282 g/mol. The van der Waals surface area contributed by atoms with E-state index in [1.165, 1.54) is 13.8 Å². The second-order valence-electron chi connectivity index (χ2n) is 5.19. The Bertz CT molecular complexity index is 369. The molecule has 1 rings (SSSR count). The van der Waals surface area contributed by atoms with Gasteiger partial charge < -0.3 is 15.3 Å². The quantitative estimate of drug-likeness (QED) is 0.788. The molecule has 1 aliphatic heterocycles. The molecule has 0 aromatic rings. The lowest BCUT2D eigenvalue weighted by Gasteiger charge is -2.29. The van der Waals surface area contributed by atoms with Gasteiger partial charge in [0.15, 0.2) is 0 Å². The number of alkyl halides is 3. The fourth-order valence-corrected chi connectivity index (χ4v) is 1.90. The summed E-state index contributed by atoms with van der Waals surface area (Å²) in [7, 11) is 0. The zero-order valence-electron chi connectivity index (χ0n) is 10.8. The number of hydrogen-bond donors (Lipinski definition) is 2. The summed E-state index contributed by atoms with van der Waals surface area (Å²) in [5.41, 5.74) is -0.938. The highest BCUT2D eigenvalue weighted by Crippen LogP contribution is 2.26. The predicted octanol–water partition coefficient (Wildman–Crippen LogP) is 0.427. The van der Waals surface area contributed by atoms with Crippen molar-refractivity contribution >= 4 is 11.8 Å². The van der Waals surface area contributed by atoms with Gasteiger partial charge in [0.25, 0.3) is 0 Å². The molecule has 8 heteroatoms. The molecule has 2 N–H and O–H groups in total. The van der Waals surface area contributed by atoms with Gasteiger partial charge in [0.2, 0.25) is 5.91 Å². The van der Waals surface area contributed by atoms with Crippen LogP contribution in [0.15, 0.2) is 0 Å². The van der Waals surface area contributed by atoms with Crippen molar-refractivity contribution < 1.29 is 27.9 Å². The standard InChI is InChI=1S/C11H17F3N2O3/c1-10(2,6-17)15-8(18)7-4-3-5-16(7)9(19)11(12,13)14/h7,17H,3-6H2,1-2H3,(H,15,18). The molecule has 1 fully saturated rings. The zero-order chi connectivity index (χ0) is 14.8. The van der Waals surface area contributed by atoms with Crippen molar-refractivity contribution in [3.05, 3.63) is 0 Å². The Morgan fingerprint density at radius 1 is 1.37 bits per heavy atom. The second kappa shape index (κ2) is 5.36. The normalized spacial score (nSPS) is 20.5. The largest absolute Gasteiger partial charge is 0.471 e. The Kier molecular flexibility index (Phi) is 4.44. The molecule has 0 saturated carbocycles. The van der Waals surface area contributed by atoms with Crippen LogP contribution < -0.4 is 5.32 Å². The molecular formula is C11H17F3N2O3. The highest BCUT2D eigenvalue weighted by atomic mass is 19.4. The van der Waals surface area contributed by atoms with Crippen LogP contribution in [-0.4, -0.2) is 52.7 Å². The number of amides is 2. The number of hydrogen-bond acceptors (Lipinski definition) is 3. The lowest BCUT2D eigenvalue weighted by atomic mass is 10.1. The van der Waals surface area contributed by atoms with Crippen LogP contribution in [0, 0.1) is 0 Å². The Labute approximate surface area is 108 Å². The van der Waals surface area contributed by atoms with Gasteiger partial charge in [-0.3, -0.25) is 9.59 Å². The number of carbonyl (C=O) groups is 2. The fourth-order valence-electron chi connectivity index (χ4n) is 1.90. The van der Waals surface area contributed by atoms with E-state index in [0.717, 1.165) is 0 Å². The van der Waals surface area contributed by atoms with Crippen LogP contribution in [0.2, 0.25) is 0 Å².